The molecule has 0 radical (unpaired) electrons. The summed E-state index contributed by atoms with van der Waals surface area (Å²) in [6.45, 7) is 11.9. The lowest BCUT2D eigenvalue weighted by Crippen LogP contribution is -2.42. The van der Waals surface area contributed by atoms with Gasteiger partial charge in [0, 0.05) is 17.5 Å². The van der Waals surface area contributed by atoms with Crippen molar-refractivity contribution in [1.82, 2.24) is 14.7 Å². The summed E-state index contributed by atoms with van der Waals surface area (Å²) in [6, 6.07) is 12.8. The first kappa shape index (κ1) is 22.3. The standard InChI is InChI=1S/C24H30N4O3/c1-16(2)27(23(30)19-12-9-13-31-19)15-22(29)25-21-14-20(24(4,5)6)26-28(21)18-11-8-7-10-17(18)3/h7-14,16H,15H2,1-6H3,(H,25,29). The van der Waals surface area contributed by atoms with Gasteiger partial charge in [-0.25, -0.2) is 4.68 Å². The van der Waals surface area contributed by atoms with E-state index in [0.29, 0.717) is 5.82 Å². The van der Waals surface area contributed by atoms with E-state index in [1.807, 2.05) is 51.1 Å². The maximum Gasteiger partial charge on any atom is 0.290 e. The molecule has 0 aliphatic rings. The minimum atomic E-state index is -0.321. The fourth-order valence-corrected chi connectivity index (χ4v) is 3.19. The number of para-hydroxylation sites is 1. The molecule has 3 aromatic rings. The molecule has 0 bridgehead atoms. The van der Waals surface area contributed by atoms with Gasteiger partial charge in [-0.05, 0) is 44.5 Å². The summed E-state index contributed by atoms with van der Waals surface area (Å²) in [7, 11) is 0. The smallest absolute Gasteiger partial charge is 0.290 e. The van der Waals surface area contributed by atoms with Crippen LogP contribution in [0.4, 0.5) is 5.82 Å². The monoisotopic (exact) mass is 422 g/mol. The molecule has 164 valence electrons. The molecule has 2 aromatic heterocycles. The number of aryl methyl sites for hydroxylation is 1. The molecular formula is C24H30N4O3. The van der Waals surface area contributed by atoms with Crippen molar-refractivity contribution in [3.05, 3.63) is 65.7 Å². The lowest BCUT2D eigenvalue weighted by molar-refractivity contribution is -0.117. The molecule has 0 atom stereocenters. The van der Waals surface area contributed by atoms with E-state index in [1.165, 1.54) is 11.2 Å². The topological polar surface area (TPSA) is 80.4 Å². The zero-order chi connectivity index (χ0) is 22.8. The van der Waals surface area contributed by atoms with E-state index in [1.54, 1.807) is 16.8 Å². The first-order valence-electron chi connectivity index (χ1n) is 10.4. The molecule has 7 heteroatoms. The summed E-state index contributed by atoms with van der Waals surface area (Å²) >= 11 is 0. The summed E-state index contributed by atoms with van der Waals surface area (Å²) in [5, 5.41) is 7.71. The van der Waals surface area contributed by atoms with Gasteiger partial charge in [0.25, 0.3) is 5.91 Å². The van der Waals surface area contributed by atoms with Crippen molar-refractivity contribution in [2.75, 3.05) is 11.9 Å². The highest BCUT2D eigenvalue weighted by Gasteiger charge is 2.26. The van der Waals surface area contributed by atoms with E-state index in [-0.39, 0.29) is 35.6 Å². The third-order valence-electron chi connectivity index (χ3n) is 5.02. The largest absolute Gasteiger partial charge is 0.459 e. The number of hydrogen-bond donors (Lipinski definition) is 1. The van der Waals surface area contributed by atoms with E-state index in [2.05, 4.69) is 26.1 Å². The van der Waals surface area contributed by atoms with Crippen LogP contribution in [0.15, 0.2) is 53.1 Å². The number of benzene rings is 1. The van der Waals surface area contributed by atoms with Crippen molar-refractivity contribution >= 4 is 17.6 Å². The first-order chi connectivity index (χ1) is 14.6. The van der Waals surface area contributed by atoms with E-state index >= 15 is 0 Å². The lowest BCUT2D eigenvalue weighted by Gasteiger charge is -2.25. The van der Waals surface area contributed by atoms with Crippen molar-refractivity contribution in [3.8, 4) is 5.69 Å². The van der Waals surface area contributed by atoms with Gasteiger partial charge in [-0.3, -0.25) is 9.59 Å². The number of carbonyl (C=O) groups is 2. The third kappa shape index (κ3) is 5.05. The van der Waals surface area contributed by atoms with Gasteiger partial charge in [-0.15, -0.1) is 0 Å². The van der Waals surface area contributed by atoms with E-state index in [4.69, 9.17) is 9.52 Å². The predicted octanol–water partition coefficient (Wildman–Crippen LogP) is 4.56. The van der Waals surface area contributed by atoms with Crippen LogP contribution in [0.25, 0.3) is 5.69 Å². The highest BCUT2D eigenvalue weighted by Crippen LogP contribution is 2.27. The van der Waals surface area contributed by atoms with Crippen molar-refractivity contribution in [2.45, 2.75) is 53.0 Å². The molecule has 31 heavy (non-hydrogen) atoms. The summed E-state index contributed by atoms with van der Waals surface area (Å²) in [6.07, 6.45) is 1.45. The molecule has 2 heterocycles. The highest BCUT2D eigenvalue weighted by atomic mass is 16.3. The second-order valence-electron chi connectivity index (χ2n) is 8.92. The molecule has 2 amide bonds. The van der Waals surface area contributed by atoms with Gasteiger partial charge in [0.2, 0.25) is 5.91 Å². The number of anilines is 1. The molecule has 0 aliphatic carbocycles. The van der Waals surface area contributed by atoms with Gasteiger partial charge in [0.15, 0.2) is 5.76 Å². The van der Waals surface area contributed by atoms with Crippen molar-refractivity contribution < 1.29 is 14.0 Å². The van der Waals surface area contributed by atoms with Gasteiger partial charge in [-0.1, -0.05) is 39.0 Å². The number of aromatic nitrogens is 2. The molecule has 0 saturated heterocycles. The zero-order valence-corrected chi connectivity index (χ0v) is 19.0. The number of furan rings is 1. The molecule has 0 spiro atoms. The predicted molar refractivity (Wildman–Crippen MR) is 121 cm³/mol. The molecule has 3 rings (SSSR count). The van der Waals surface area contributed by atoms with Crippen molar-refractivity contribution in [3.63, 3.8) is 0 Å². The summed E-state index contributed by atoms with van der Waals surface area (Å²) in [5.41, 5.74) is 2.60. The van der Waals surface area contributed by atoms with Crippen LogP contribution in [0.3, 0.4) is 0 Å². The quantitative estimate of drug-likeness (QED) is 0.631. The Morgan fingerprint density at radius 3 is 2.45 bits per heavy atom. The Bertz CT molecular complexity index is 1060. The van der Waals surface area contributed by atoms with Crippen LogP contribution in [0.1, 0.15) is 56.4 Å². The summed E-state index contributed by atoms with van der Waals surface area (Å²) in [5.74, 6) is 0.154. The van der Waals surface area contributed by atoms with Gasteiger partial charge >= 0.3 is 0 Å². The summed E-state index contributed by atoms with van der Waals surface area (Å²) < 4.78 is 6.97. The van der Waals surface area contributed by atoms with Gasteiger partial charge in [-0.2, -0.15) is 5.10 Å². The van der Waals surface area contributed by atoms with Gasteiger partial charge < -0.3 is 14.6 Å². The Hall–Kier alpha value is -3.35. The fraction of sp³-hybridized carbons (Fsp3) is 0.375. The average Bonchev–Trinajstić information content (AvgIpc) is 3.36. The zero-order valence-electron chi connectivity index (χ0n) is 19.0. The van der Waals surface area contributed by atoms with E-state index in [0.717, 1.165) is 16.9 Å². The van der Waals surface area contributed by atoms with E-state index < -0.39 is 0 Å². The Kier molecular flexibility index (Phi) is 6.34. The Balaban J connectivity index is 1.88. The van der Waals surface area contributed by atoms with Crippen LogP contribution < -0.4 is 5.32 Å². The number of hydrogen-bond acceptors (Lipinski definition) is 4. The van der Waals surface area contributed by atoms with Gasteiger partial charge in [0.05, 0.1) is 17.6 Å². The Morgan fingerprint density at radius 1 is 1.16 bits per heavy atom. The molecule has 7 nitrogen and oxygen atoms in total. The maximum absolute atomic E-state index is 13.0. The van der Waals surface area contributed by atoms with Crippen LogP contribution in [-0.2, 0) is 10.2 Å². The van der Waals surface area contributed by atoms with Crippen LogP contribution in [0.5, 0.6) is 0 Å². The van der Waals surface area contributed by atoms with Crippen molar-refractivity contribution in [2.24, 2.45) is 0 Å². The SMILES string of the molecule is Cc1ccccc1-n1nc(C(C)(C)C)cc1NC(=O)CN(C(=O)c1ccco1)C(C)C. The number of amides is 2. The fourth-order valence-electron chi connectivity index (χ4n) is 3.19. The number of nitrogens with one attached hydrogen (secondary N) is 1. The molecule has 0 unspecified atom stereocenters. The number of nitrogens with zero attached hydrogens (tertiary/aromatic N) is 3. The molecule has 1 N–H and O–H groups in total. The van der Waals surface area contributed by atoms with Crippen LogP contribution in [0.2, 0.25) is 0 Å². The Labute approximate surface area is 183 Å². The molecular weight excluding hydrogens is 392 g/mol. The Morgan fingerprint density at radius 2 is 1.87 bits per heavy atom. The third-order valence-corrected chi connectivity index (χ3v) is 5.02. The number of carbonyl (C=O) groups excluding carboxylic acids is 2. The highest BCUT2D eigenvalue weighted by molar-refractivity contribution is 5.98. The molecule has 0 fully saturated rings. The number of rotatable bonds is 6. The molecule has 0 aliphatic heterocycles. The molecule has 0 saturated carbocycles. The van der Waals surface area contributed by atoms with Crippen LogP contribution >= 0.6 is 0 Å². The van der Waals surface area contributed by atoms with Crippen molar-refractivity contribution in [1.29, 1.82) is 0 Å². The average molecular weight is 423 g/mol. The van der Waals surface area contributed by atoms with Crippen LogP contribution in [-0.4, -0.2) is 39.1 Å². The second-order valence-corrected chi connectivity index (χ2v) is 8.92. The maximum atomic E-state index is 13.0. The summed E-state index contributed by atoms with van der Waals surface area (Å²) in [4.78, 5) is 27.2. The minimum absolute atomic E-state index is 0.0962. The lowest BCUT2D eigenvalue weighted by atomic mass is 9.92. The second kappa shape index (κ2) is 8.79. The van der Waals surface area contributed by atoms with E-state index in [9.17, 15) is 9.59 Å². The molecule has 1 aromatic carbocycles. The van der Waals surface area contributed by atoms with Gasteiger partial charge in [0.1, 0.15) is 12.4 Å². The van der Waals surface area contributed by atoms with Crippen LogP contribution in [0, 0.1) is 6.92 Å². The minimum Gasteiger partial charge on any atom is -0.459 e. The first-order valence-corrected chi connectivity index (χ1v) is 10.4. The normalized spacial score (nSPS) is 11.6.